The summed E-state index contributed by atoms with van der Waals surface area (Å²) < 4.78 is 12.5. The van der Waals surface area contributed by atoms with Crippen LogP contribution in [-0.4, -0.2) is 7.11 Å². The number of hydrogen-bond acceptors (Lipinski definition) is 2. The lowest BCUT2D eigenvalue weighted by atomic mass is 9.98. The molecule has 0 aliphatic heterocycles. The number of furan rings is 1. The molecule has 0 fully saturated rings. The molecule has 0 spiro atoms. The summed E-state index contributed by atoms with van der Waals surface area (Å²) in [5.74, 6) is 0. The molecular weight excluding hydrogens is 376 g/mol. The average molecular weight is 391 g/mol. The van der Waals surface area contributed by atoms with E-state index in [0.29, 0.717) is 6.61 Å². The van der Waals surface area contributed by atoms with E-state index >= 15 is 0 Å². The summed E-state index contributed by atoms with van der Waals surface area (Å²) in [6, 6.07) is 21.2. The first-order chi connectivity index (χ1) is 12.2. The molecular formula is C22H15BrO2. The Morgan fingerprint density at radius 3 is 2.08 bits per heavy atom. The molecule has 0 bridgehead atoms. The zero-order valence-electron chi connectivity index (χ0n) is 13.7. The van der Waals surface area contributed by atoms with Crippen LogP contribution in [0.15, 0.2) is 69.6 Å². The number of hydrogen-bond donors (Lipinski definition) is 0. The van der Waals surface area contributed by atoms with Gasteiger partial charge >= 0.3 is 0 Å². The number of methoxy groups -OCH3 is 1. The maximum atomic E-state index is 6.16. The molecule has 0 N–H and O–H groups in total. The van der Waals surface area contributed by atoms with Crippen LogP contribution in [0, 0.1) is 0 Å². The van der Waals surface area contributed by atoms with Gasteiger partial charge in [0, 0.05) is 22.4 Å². The lowest BCUT2D eigenvalue weighted by Gasteiger charge is -2.05. The second kappa shape index (κ2) is 5.58. The molecule has 1 aromatic heterocycles. The Morgan fingerprint density at radius 1 is 0.800 bits per heavy atom. The normalized spacial score (nSPS) is 11.9. The Morgan fingerprint density at radius 2 is 1.40 bits per heavy atom. The SMILES string of the molecule is COCc1ccc2ccc3oc4ccc5ccc(Br)cc5c4c3c2c1. The monoisotopic (exact) mass is 390 g/mol. The molecule has 0 saturated carbocycles. The highest BCUT2D eigenvalue weighted by Crippen LogP contribution is 2.39. The molecule has 5 rings (SSSR count). The van der Waals surface area contributed by atoms with E-state index in [1.165, 1.54) is 37.9 Å². The number of fused-ring (bicyclic) bond motifs is 7. The zero-order valence-corrected chi connectivity index (χ0v) is 15.3. The highest BCUT2D eigenvalue weighted by atomic mass is 79.9. The second-order valence-corrected chi connectivity index (χ2v) is 7.25. The fourth-order valence-electron chi connectivity index (χ4n) is 3.68. The van der Waals surface area contributed by atoms with E-state index in [9.17, 15) is 0 Å². The Balaban J connectivity index is 2.02. The molecule has 0 saturated heterocycles. The van der Waals surface area contributed by atoms with Gasteiger partial charge in [-0.2, -0.15) is 0 Å². The van der Waals surface area contributed by atoms with E-state index in [4.69, 9.17) is 9.15 Å². The van der Waals surface area contributed by atoms with Gasteiger partial charge in [0.1, 0.15) is 11.2 Å². The van der Waals surface area contributed by atoms with Crippen molar-refractivity contribution >= 4 is 59.4 Å². The summed E-state index contributed by atoms with van der Waals surface area (Å²) in [7, 11) is 1.73. The number of ether oxygens (including phenoxy) is 1. The van der Waals surface area contributed by atoms with E-state index in [-0.39, 0.29) is 0 Å². The molecule has 4 aromatic carbocycles. The van der Waals surface area contributed by atoms with Crippen LogP contribution in [-0.2, 0) is 11.3 Å². The summed E-state index contributed by atoms with van der Waals surface area (Å²) in [5.41, 5.74) is 3.01. The summed E-state index contributed by atoms with van der Waals surface area (Å²) in [4.78, 5) is 0. The van der Waals surface area contributed by atoms with Gasteiger partial charge in [0.25, 0.3) is 0 Å². The molecule has 0 radical (unpaired) electrons. The van der Waals surface area contributed by atoms with Crippen LogP contribution in [0.4, 0.5) is 0 Å². The third-order valence-corrected chi connectivity index (χ3v) is 5.27. The van der Waals surface area contributed by atoms with Crippen molar-refractivity contribution in [3.05, 3.63) is 70.7 Å². The maximum absolute atomic E-state index is 6.16. The van der Waals surface area contributed by atoms with Gasteiger partial charge in [-0.25, -0.2) is 0 Å². The minimum atomic E-state index is 0.606. The highest BCUT2D eigenvalue weighted by molar-refractivity contribution is 9.10. The van der Waals surface area contributed by atoms with Gasteiger partial charge in [0.2, 0.25) is 0 Å². The van der Waals surface area contributed by atoms with Crippen molar-refractivity contribution in [3.63, 3.8) is 0 Å². The van der Waals surface area contributed by atoms with E-state index in [1.807, 2.05) is 0 Å². The first-order valence-corrected chi connectivity index (χ1v) is 8.99. The minimum absolute atomic E-state index is 0.606. The largest absolute Gasteiger partial charge is 0.456 e. The van der Waals surface area contributed by atoms with Crippen LogP contribution in [0.5, 0.6) is 0 Å². The first kappa shape index (κ1) is 14.9. The average Bonchev–Trinajstić information content (AvgIpc) is 3.01. The van der Waals surface area contributed by atoms with Crippen molar-refractivity contribution in [1.82, 2.24) is 0 Å². The lowest BCUT2D eigenvalue weighted by molar-refractivity contribution is 0.185. The van der Waals surface area contributed by atoms with E-state index < -0.39 is 0 Å². The number of rotatable bonds is 2. The van der Waals surface area contributed by atoms with Crippen molar-refractivity contribution in [2.24, 2.45) is 0 Å². The van der Waals surface area contributed by atoms with Crippen LogP contribution < -0.4 is 0 Å². The molecule has 25 heavy (non-hydrogen) atoms. The van der Waals surface area contributed by atoms with Gasteiger partial charge in [-0.3, -0.25) is 0 Å². The van der Waals surface area contributed by atoms with Crippen molar-refractivity contribution in [2.75, 3.05) is 7.11 Å². The molecule has 0 unspecified atom stereocenters. The Bertz CT molecular complexity index is 1270. The Labute approximate surface area is 153 Å². The summed E-state index contributed by atoms with van der Waals surface area (Å²) in [6.45, 7) is 0.606. The van der Waals surface area contributed by atoms with E-state index in [1.54, 1.807) is 7.11 Å². The van der Waals surface area contributed by atoms with Crippen LogP contribution in [0.2, 0.25) is 0 Å². The fourth-order valence-corrected chi connectivity index (χ4v) is 4.04. The van der Waals surface area contributed by atoms with Crippen molar-refractivity contribution in [3.8, 4) is 0 Å². The summed E-state index contributed by atoms with van der Waals surface area (Å²) in [5, 5.41) is 7.18. The van der Waals surface area contributed by atoms with Crippen molar-refractivity contribution in [1.29, 1.82) is 0 Å². The lowest BCUT2D eigenvalue weighted by Crippen LogP contribution is -1.87. The first-order valence-electron chi connectivity index (χ1n) is 8.20. The quantitative estimate of drug-likeness (QED) is 0.330. The molecule has 122 valence electrons. The van der Waals surface area contributed by atoms with Crippen LogP contribution >= 0.6 is 15.9 Å². The third-order valence-electron chi connectivity index (χ3n) is 4.77. The molecule has 2 nitrogen and oxygen atoms in total. The molecule has 3 heteroatoms. The molecule has 5 aromatic rings. The minimum Gasteiger partial charge on any atom is -0.456 e. The third kappa shape index (κ3) is 2.27. The van der Waals surface area contributed by atoms with Gasteiger partial charge in [-0.05, 0) is 57.4 Å². The van der Waals surface area contributed by atoms with Crippen LogP contribution in [0.1, 0.15) is 5.56 Å². The zero-order chi connectivity index (χ0) is 17.0. The van der Waals surface area contributed by atoms with Gasteiger partial charge in [0.05, 0.1) is 6.61 Å². The standard InChI is InChI=1S/C22H15BrO2/c1-24-12-13-2-3-14-5-8-19-21(17(14)10-13)22-18-11-16(23)7-4-15(18)6-9-20(22)25-19/h2-11H,12H2,1H3. The van der Waals surface area contributed by atoms with Gasteiger partial charge in [-0.1, -0.05) is 46.3 Å². The predicted octanol–water partition coefficient (Wildman–Crippen LogP) is 6.80. The van der Waals surface area contributed by atoms with Gasteiger partial charge in [0.15, 0.2) is 0 Å². The van der Waals surface area contributed by atoms with Gasteiger partial charge in [-0.15, -0.1) is 0 Å². The van der Waals surface area contributed by atoms with Crippen LogP contribution in [0.3, 0.4) is 0 Å². The Hall–Kier alpha value is -2.36. The molecule has 1 heterocycles. The predicted molar refractivity (Wildman–Crippen MR) is 107 cm³/mol. The maximum Gasteiger partial charge on any atom is 0.136 e. The van der Waals surface area contributed by atoms with Crippen LogP contribution in [0.25, 0.3) is 43.5 Å². The number of benzene rings is 4. The Kier molecular flexibility index (Phi) is 3.34. The topological polar surface area (TPSA) is 22.4 Å². The van der Waals surface area contributed by atoms with Crippen molar-refractivity contribution < 1.29 is 9.15 Å². The molecule has 0 atom stereocenters. The summed E-state index contributed by atoms with van der Waals surface area (Å²) in [6.07, 6.45) is 0. The molecule has 0 aliphatic rings. The van der Waals surface area contributed by atoms with E-state index in [0.717, 1.165) is 15.6 Å². The van der Waals surface area contributed by atoms with Crippen molar-refractivity contribution in [2.45, 2.75) is 6.61 Å². The second-order valence-electron chi connectivity index (χ2n) is 6.33. The fraction of sp³-hybridized carbons (Fsp3) is 0.0909. The van der Waals surface area contributed by atoms with E-state index in [2.05, 4.69) is 76.6 Å². The molecule has 0 aliphatic carbocycles. The number of halogens is 1. The highest BCUT2D eigenvalue weighted by Gasteiger charge is 2.14. The smallest absolute Gasteiger partial charge is 0.136 e. The molecule has 0 amide bonds. The summed E-state index contributed by atoms with van der Waals surface area (Å²) >= 11 is 3.61. The van der Waals surface area contributed by atoms with Gasteiger partial charge < -0.3 is 9.15 Å².